The number of ether oxygens (including phenoxy) is 1. The van der Waals surface area contributed by atoms with E-state index in [2.05, 4.69) is 38.7 Å². The summed E-state index contributed by atoms with van der Waals surface area (Å²) >= 11 is 0. The predicted molar refractivity (Wildman–Crippen MR) is 72.1 cm³/mol. The SMILES string of the molecule is CC(C)CN1CCC2(C=C(C(C)C)CO2)CC1. The summed E-state index contributed by atoms with van der Waals surface area (Å²) in [4.78, 5) is 2.58. The van der Waals surface area contributed by atoms with E-state index >= 15 is 0 Å². The molecule has 0 radical (unpaired) electrons. The molecule has 0 amide bonds. The molecule has 2 heterocycles. The fraction of sp³-hybridized carbons (Fsp3) is 0.867. The topological polar surface area (TPSA) is 12.5 Å². The Bertz CT molecular complexity index is 285. The van der Waals surface area contributed by atoms with Gasteiger partial charge in [0.1, 0.15) is 0 Å². The van der Waals surface area contributed by atoms with Gasteiger partial charge in [0.2, 0.25) is 0 Å². The van der Waals surface area contributed by atoms with Gasteiger partial charge in [-0.05, 0) is 30.3 Å². The van der Waals surface area contributed by atoms with Crippen LogP contribution < -0.4 is 0 Å². The third-order valence-electron chi connectivity index (χ3n) is 4.04. The van der Waals surface area contributed by atoms with Crippen LogP contribution in [-0.4, -0.2) is 36.7 Å². The number of rotatable bonds is 3. The molecule has 0 saturated carbocycles. The second-order valence-corrected chi connectivity index (χ2v) is 6.42. The van der Waals surface area contributed by atoms with E-state index < -0.39 is 0 Å². The molecule has 0 aliphatic carbocycles. The van der Waals surface area contributed by atoms with Crippen LogP contribution in [0.4, 0.5) is 0 Å². The quantitative estimate of drug-likeness (QED) is 0.699. The maximum absolute atomic E-state index is 6.09. The molecule has 2 nitrogen and oxygen atoms in total. The van der Waals surface area contributed by atoms with E-state index in [4.69, 9.17) is 4.74 Å². The molecule has 0 atom stereocenters. The van der Waals surface area contributed by atoms with E-state index in [1.807, 2.05) is 0 Å². The second-order valence-electron chi connectivity index (χ2n) is 6.42. The highest BCUT2D eigenvalue weighted by Gasteiger charge is 2.37. The average molecular weight is 237 g/mol. The fourth-order valence-corrected chi connectivity index (χ4v) is 2.90. The Hall–Kier alpha value is -0.340. The van der Waals surface area contributed by atoms with Gasteiger partial charge in [-0.1, -0.05) is 33.8 Å². The number of piperidine rings is 1. The predicted octanol–water partition coefficient (Wildman–Crippen LogP) is 3.09. The number of hydrogen-bond donors (Lipinski definition) is 0. The Morgan fingerprint density at radius 2 is 1.88 bits per heavy atom. The lowest BCUT2D eigenvalue weighted by atomic mass is 9.89. The molecule has 1 saturated heterocycles. The minimum absolute atomic E-state index is 0.0904. The number of hydrogen-bond acceptors (Lipinski definition) is 2. The minimum atomic E-state index is 0.0904. The van der Waals surface area contributed by atoms with Crippen molar-refractivity contribution in [3.63, 3.8) is 0 Å². The molecule has 0 aromatic heterocycles. The van der Waals surface area contributed by atoms with Crippen LogP contribution in [0, 0.1) is 11.8 Å². The summed E-state index contributed by atoms with van der Waals surface area (Å²) < 4.78 is 6.09. The number of likely N-dealkylation sites (tertiary alicyclic amines) is 1. The molecule has 0 unspecified atom stereocenters. The Labute approximate surface area is 106 Å². The zero-order chi connectivity index (χ0) is 12.5. The molecule has 2 heteroatoms. The van der Waals surface area contributed by atoms with E-state index in [1.165, 1.54) is 38.0 Å². The van der Waals surface area contributed by atoms with Crippen molar-refractivity contribution < 1.29 is 4.74 Å². The van der Waals surface area contributed by atoms with Gasteiger partial charge in [0.15, 0.2) is 0 Å². The molecule has 0 aromatic rings. The zero-order valence-electron chi connectivity index (χ0n) is 11.8. The highest BCUT2D eigenvalue weighted by atomic mass is 16.5. The molecular weight excluding hydrogens is 210 g/mol. The zero-order valence-corrected chi connectivity index (χ0v) is 11.8. The molecule has 0 N–H and O–H groups in total. The highest BCUT2D eigenvalue weighted by Crippen LogP contribution is 2.36. The Kier molecular flexibility index (Phi) is 3.94. The van der Waals surface area contributed by atoms with Crippen molar-refractivity contribution in [3.8, 4) is 0 Å². The van der Waals surface area contributed by atoms with Crippen LogP contribution in [0.15, 0.2) is 11.6 Å². The van der Waals surface area contributed by atoms with Gasteiger partial charge >= 0.3 is 0 Å². The molecule has 2 aliphatic heterocycles. The van der Waals surface area contributed by atoms with Crippen LogP contribution in [0.25, 0.3) is 0 Å². The van der Waals surface area contributed by atoms with Gasteiger partial charge in [-0.15, -0.1) is 0 Å². The summed E-state index contributed by atoms with van der Waals surface area (Å²) in [6.07, 6.45) is 4.79. The summed E-state index contributed by atoms with van der Waals surface area (Å²) in [5.41, 5.74) is 1.59. The molecule has 1 fully saturated rings. The molecule has 2 aliphatic rings. The first-order valence-corrected chi connectivity index (χ1v) is 7.09. The molecule has 2 rings (SSSR count). The van der Waals surface area contributed by atoms with Crippen molar-refractivity contribution >= 4 is 0 Å². The summed E-state index contributed by atoms with van der Waals surface area (Å²) in [5.74, 6) is 1.42. The lowest BCUT2D eigenvalue weighted by Crippen LogP contribution is -2.44. The van der Waals surface area contributed by atoms with Crippen LogP contribution in [-0.2, 0) is 4.74 Å². The minimum Gasteiger partial charge on any atom is -0.366 e. The largest absolute Gasteiger partial charge is 0.366 e. The first-order chi connectivity index (χ1) is 8.01. The second kappa shape index (κ2) is 5.11. The van der Waals surface area contributed by atoms with Gasteiger partial charge in [0.25, 0.3) is 0 Å². The smallest absolute Gasteiger partial charge is 0.0894 e. The van der Waals surface area contributed by atoms with Crippen molar-refractivity contribution in [3.05, 3.63) is 11.6 Å². The summed E-state index contributed by atoms with van der Waals surface area (Å²) in [5, 5.41) is 0. The van der Waals surface area contributed by atoms with Gasteiger partial charge < -0.3 is 9.64 Å². The molecular formula is C15H27NO. The summed E-state index contributed by atoms with van der Waals surface area (Å²) in [7, 11) is 0. The van der Waals surface area contributed by atoms with Gasteiger partial charge in [-0.3, -0.25) is 0 Å². The molecule has 0 aromatic carbocycles. The van der Waals surface area contributed by atoms with E-state index in [9.17, 15) is 0 Å². The van der Waals surface area contributed by atoms with Crippen LogP contribution in [0.1, 0.15) is 40.5 Å². The van der Waals surface area contributed by atoms with Gasteiger partial charge in [0.05, 0.1) is 12.2 Å². The van der Waals surface area contributed by atoms with Crippen LogP contribution in [0.5, 0.6) is 0 Å². The monoisotopic (exact) mass is 237 g/mol. The Balaban J connectivity index is 1.91. The third-order valence-corrected chi connectivity index (χ3v) is 4.04. The normalized spacial score (nSPS) is 24.9. The van der Waals surface area contributed by atoms with Crippen molar-refractivity contribution in [2.45, 2.75) is 46.1 Å². The van der Waals surface area contributed by atoms with E-state index in [0.29, 0.717) is 5.92 Å². The third kappa shape index (κ3) is 3.11. The van der Waals surface area contributed by atoms with Gasteiger partial charge in [-0.2, -0.15) is 0 Å². The van der Waals surface area contributed by atoms with E-state index in [0.717, 1.165) is 12.5 Å². The van der Waals surface area contributed by atoms with Crippen molar-refractivity contribution in [2.24, 2.45) is 11.8 Å². The lowest BCUT2D eigenvalue weighted by molar-refractivity contribution is -0.0264. The first-order valence-electron chi connectivity index (χ1n) is 7.09. The van der Waals surface area contributed by atoms with E-state index in [1.54, 1.807) is 0 Å². The van der Waals surface area contributed by atoms with E-state index in [-0.39, 0.29) is 5.60 Å². The Morgan fingerprint density at radius 1 is 1.24 bits per heavy atom. The van der Waals surface area contributed by atoms with Gasteiger partial charge in [-0.25, -0.2) is 0 Å². The molecule has 0 bridgehead atoms. The maximum atomic E-state index is 6.09. The van der Waals surface area contributed by atoms with Gasteiger partial charge in [0, 0.05) is 19.6 Å². The van der Waals surface area contributed by atoms with Crippen molar-refractivity contribution in [1.29, 1.82) is 0 Å². The molecule has 98 valence electrons. The lowest BCUT2D eigenvalue weighted by Gasteiger charge is -2.38. The van der Waals surface area contributed by atoms with Crippen molar-refractivity contribution in [1.82, 2.24) is 4.90 Å². The van der Waals surface area contributed by atoms with Crippen LogP contribution in [0.2, 0.25) is 0 Å². The summed E-state index contributed by atoms with van der Waals surface area (Å²) in [6, 6.07) is 0. The van der Waals surface area contributed by atoms with Crippen LogP contribution >= 0.6 is 0 Å². The van der Waals surface area contributed by atoms with Crippen LogP contribution in [0.3, 0.4) is 0 Å². The highest BCUT2D eigenvalue weighted by molar-refractivity contribution is 5.20. The average Bonchev–Trinajstić information content (AvgIpc) is 2.66. The molecule has 17 heavy (non-hydrogen) atoms. The summed E-state index contributed by atoms with van der Waals surface area (Å²) in [6.45, 7) is 13.6. The molecule has 1 spiro atoms. The van der Waals surface area contributed by atoms with Crippen molar-refractivity contribution in [2.75, 3.05) is 26.2 Å². The first kappa shape index (κ1) is 13.1. The maximum Gasteiger partial charge on any atom is 0.0894 e. The fourth-order valence-electron chi connectivity index (χ4n) is 2.90. The standard InChI is InChI=1S/C15H27NO/c1-12(2)10-16-7-5-15(6-8-16)9-14(11-17-15)13(3)4/h9,12-13H,5-8,10-11H2,1-4H3. The number of nitrogens with zero attached hydrogens (tertiary/aromatic N) is 1. The Morgan fingerprint density at radius 3 is 2.35 bits per heavy atom.